The predicted molar refractivity (Wildman–Crippen MR) is 35.5 cm³/mol. The van der Waals surface area contributed by atoms with E-state index in [2.05, 4.69) is 0 Å². The smallest absolute Gasteiger partial charge is 0.319 e. The number of aliphatic hydroxyl groups is 1. The Hall–Kier alpha value is -0.360. The Morgan fingerprint density at radius 2 is 1.92 bits per heavy atom. The molecule has 0 radical (unpaired) electrons. The summed E-state index contributed by atoms with van der Waals surface area (Å²) < 4.78 is 47.2. The summed E-state index contributed by atoms with van der Waals surface area (Å²) >= 11 is 0. The van der Waals surface area contributed by atoms with Gasteiger partial charge in [0.25, 0.3) is 0 Å². The van der Waals surface area contributed by atoms with Gasteiger partial charge < -0.3 is 10.4 Å². The van der Waals surface area contributed by atoms with Crippen LogP contribution in [0.5, 0.6) is 0 Å². The highest BCUT2D eigenvalue weighted by Crippen LogP contribution is 2.21. The summed E-state index contributed by atoms with van der Waals surface area (Å²) in [7, 11) is 0. The fourth-order valence-corrected chi connectivity index (χ4v) is 0.525. The van der Waals surface area contributed by atoms with Gasteiger partial charge in [-0.3, -0.25) is 0 Å². The van der Waals surface area contributed by atoms with Gasteiger partial charge in [0.15, 0.2) is 0 Å². The summed E-state index contributed by atoms with van der Waals surface area (Å²) in [5.74, 6) is -4.02. The zero-order chi connectivity index (χ0) is 9.78. The van der Waals surface area contributed by atoms with Crippen molar-refractivity contribution in [3.05, 3.63) is 0 Å². The number of hydrogen-bond acceptors (Lipinski definition) is 2. The van der Waals surface area contributed by atoms with Gasteiger partial charge in [-0.25, -0.2) is 8.78 Å². The van der Waals surface area contributed by atoms with E-state index in [4.69, 9.17) is 5.11 Å². The number of nitrogens with one attached hydrogen (secondary N) is 1. The minimum atomic E-state index is -4.02. The molecule has 6 heteroatoms. The molecule has 1 unspecified atom stereocenters. The Kier molecular flexibility index (Phi) is 4.47. The number of hydrogen-bond donors (Lipinski definition) is 2. The Labute approximate surface area is 67.6 Å². The minimum Gasteiger partial charge on any atom is -0.392 e. The molecule has 0 aliphatic heterocycles. The molecule has 0 spiro atoms. The lowest BCUT2D eigenvalue weighted by molar-refractivity contribution is -0.125. The molecule has 12 heavy (non-hydrogen) atoms. The molecule has 74 valence electrons. The van der Waals surface area contributed by atoms with Crippen LogP contribution < -0.4 is 5.32 Å². The van der Waals surface area contributed by atoms with E-state index in [-0.39, 0.29) is 6.54 Å². The highest BCUT2D eigenvalue weighted by Gasteiger charge is 2.39. The van der Waals surface area contributed by atoms with Crippen molar-refractivity contribution < 1.29 is 22.7 Å². The summed E-state index contributed by atoms with van der Waals surface area (Å²) in [6, 6.07) is 0. The van der Waals surface area contributed by atoms with Gasteiger partial charge in [-0.2, -0.15) is 8.78 Å². The van der Waals surface area contributed by atoms with Crippen LogP contribution in [0, 0.1) is 0 Å². The lowest BCUT2D eigenvalue weighted by Crippen LogP contribution is -2.41. The van der Waals surface area contributed by atoms with Crippen molar-refractivity contribution in [2.24, 2.45) is 0 Å². The van der Waals surface area contributed by atoms with Crippen molar-refractivity contribution in [1.82, 2.24) is 5.32 Å². The van der Waals surface area contributed by atoms with Gasteiger partial charge >= 0.3 is 12.3 Å². The lowest BCUT2D eigenvalue weighted by atomic mass is 10.3. The monoisotopic (exact) mass is 189 g/mol. The van der Waals surface area contributed by atoms with E-state index in [9.17, 15) is 17.6 Å². The summed E-state index contributed by atoms with van der Waals surface area (Å²) in [5.41, 5.74) is 0. The van der Waals surface area contributed by atoms with Crippen LogP contribution in [0.15, 0.2) is 0 Å². The normalized spacial score (nSPS) is 15.2. The van der Waals surface area contributed by atoms with Crippen molar-refractivity contribution in [2.75, 3.05) is 13.1 Å². The van der Waals surface area contributed by atoms with Crippen LogP contribution in [0.2, 0.25) is 0 Å². The average molecular weight is 189 g/mol. The quantitative estimate of drug-likeness (QED) is 0.628. The van der Waals surface area contributed by atoms with Crippen LogP contribution in [-0.4, -0.2) is 36.6 Å². The highest BCUT2D eigenvalue weighted by molar-refractivity contribution is 4.72. The van der Waals surface area contributed by atoms with Crippen LogP contribution in [0.4, 0.5) is 17.6 Å². The average Bonchev–Trinajstić information content (AvgIpc) is 1.85. The van der Waals surface area contributed by atoms with Gasteiger partial charge in [0.1, 0.15) is 0 Å². The van der Waals surface area contributed by atoms with Gasteiger partial charge in [0.2, 0.25) is 0 Å². The molecule has 2 N–H and O–H groups in total. The summed E-state index contributed by atoms with van der Waals surface area (Å²) in [6.07, 6.45) is -4.49. The van der Waals surface area contributed by atoms with Gasteiger partial charge in [-0.05, 0) is 6.92 Å². The number of aliphatic hydroxyl groups excluding tert-OH is 1. The van der Waals surface area contributed by atoms with E-state index in [1.165, 1.54) is 6.92 Å². The Bertz CT molecular complexity index is 129. The van der Waals surface area contributed by atoms with E-state index >= 15 is 0 Å². The van der Waals surface area contributed by atoms with E-state index in [1.807, 2.05) is 5.32 Å². The zero-order valence-electron chi connectivity index (χ0n) is 6.53. The van der Waals surface area contributed by atoms with Crippen molar-refractivity contribution in [3.8, 4) is 0 Å². The molecule has 0 rings (SSSR count). The van der Waals surface area contributed by atoms with E-state index in [0.29, 0.717) is 0 Å². The first-order valence-electron chi connectivity index (χ1n) is 3.41. The second-order valence-corrected chi connectivity index (χ2v) is 2.54. The molecule has 0 aromatic heterocycles. The largest absolute Gasteiger partial charge is 0.392 e. The minimum absolute atomic E-state index is 0.123. The second kappa shape index (κ2) is 4.61. The van der Waals surface area contributed by atoms with Crippen LogP contribution in [0.3, 0.4) is 0 Å². The second-order valence-electron chi connectivity index (χ2n) is 2.54. The van der Waals surface area contributed by atoms with Crippen LogP contribution >= 0.6 is 0 Å². The molecule has 0 bridgehead atoms. The molecule has 2 nitrogen and oxygen atoms in total. The first-order valence-corrected chi connectivity index (χ1v) is 3.41. The van der Waals surface area contributed by atoms with Crippen molar-refractivity contribution in [2.45, 2.75) is 25.4 Å². The maximum Gasteiger partial charge on any atom is 0.319 e. The van der Waals surface area contributed by atoms with Crippen LogP contribution in [0.1, 0.15) is 6.92 Å². The molecule has 0 aliphatic carbocycles. The van der Waals surface area contributed by atoms with Crippen molar-refractivity contribution in [1.29, 1.82) is 0 Å². The Balaban J connectivity index is 3.61. The van der Waals surface area contributed by atoms with Gasteiger partial charge in [-0.1, -0.05) is 0 Å². The van der Waals surface area contributed by atoms with E-state index in [1.54, 1.807) is 0 Å². The van der Waals surface area contributed by atoms with Gasteiger partial charge in [-0.15, -0.1) is 0 Å². The third-order valence-corrected chi connectivity index (χ3v) is 1.12. The summed E-state index contributed by atoms with van der Waals surface area (Å²) in [5, 5.41) is 10.6. The lowest BCUT2D eigenvalue weighted by Gasteiger charge is -2.16. The topological polar surface area (TPSA) is 32.3 Å². The number of alkyl halides is 4. The first kappa shape index (κ1) is 11.6. The molecule has 0 saturated carbocycles. The fourth-order valence-electron chi connectivity index (χ4n) is 0.525. The molecule has 0 heterocycles. The molecule has 0 aromatic rings. The molecule has 1 atom stereocenters. The molecule has 0 fully saturated rings. The summed E-state index contributed by atoms with van der Waals surface area (Å²) in [4.78, 5) is 0. The SMILES string of the molecule is CC(O)CNCC(F)(F)C(F)F. The molecule has 0 aromatic carbocycles. The van der Waals surface area contributed by atoms with E-state index in [0.717, 1.165) is 0 Å². The standard InChI is InChI=1S/C6H11F4NO/c1-4(12)2-11-3-6(9,10)5(7)8/h4-5,11-12H,2-3H2,1H3. The van der Waals surface area contributed by atoms with Gasteiger partial charge in [0.05, 0.1) is 12.6 Å². The predicted octanol–water partition coefficient (Wildman–Crippen LogP) is 0.857. The third kappa shape index (κ3) is 4.50. The van der Waals surface area contributed by atoms with Crippen molar-refractivity contribution >= 4 is 0 Å². The molecular formula is C6H11F4NO. The highest BCUT2D eigenvalue weighted by atomic mass is 19.3. The molecular weight excluding hydrogens is 178 g/mol. The van der Waals surface area contributed by atoms with Crippen molar-refractivity contribution in [3.63, 3.8) is 0 Å². The maximum absolute atomic E-state index is 12.1. The third-order valence-electron chi connectivity index (χ3n) is 1.12. The number of rotatable bonds is 5. The molecule has 0 saturated heterocycles. The fraction of sp³-hybridized carbons (Fsp3) is 1.00. The van der Waals surface area contributed by atoms with Gasteiger partial charge in [0, 0.05) is 6.54 Å². The first-order chi connectivity index (χ1) is 5.36. The van der Waals surface area contributed by atoms with E-state index < -0.39 is 25.0 Å². The maximum atomic E-state index is 12.1. The van der Waals surface area contributed by atoms with Crippen LogP contribution in [0.25, 0.3) is 0 Å². The molecule has 0 amide bonds. The van der Waals surface area contributed by atoms with Crippen LogP contribution in [-0.2, 0) is 0 Å². The Morgan fingerprint density at radius 3 is 2.25 bits per heavy atom. The Morgan fingerprint density at radius 1 is 1.42 bits per heavy atom. The summed E-state index contributed by atoms with van der Waals surface area (Å²) in [6.45, 7) is 0.130. The molecule has 0 aliphatic rings. The number of halogens is 4. The zero-order valence-corrected chi connectivity index (χ0v) is 6.53.